The first-order chi connectivity index (χ1) is 9.56. The van der Waals surface area contributed by atoms with Gasteiger partial charge in [-0.15, -0.1) is 0 Å². The average Bonchev–Trinajstić information content (AvgIpc) is 2.41. The summed E-state index contributed by atoms with van der Waals surface area (Å²) in [5.41, 5.74) is 1.57. The predicted molar refractivity (Wildman–Crippen MR) is 79.7 cm³/mol. The lowest BCUT2D eigenvalue weighted by Gasteiger charge is -2.10. The van der Waals surface area contributed by atoms with Gasteiger partial charge in [-0.1, -0.05) is 17.8 Å². The Labute approximate surface area is 122 Å². The van der Waals surface area contributed by atoms with Gasteiger partial charge in [-0.05, 0) is 37.3 Å². The average molecular weight is 288 g/mol. The second kappa shape index (κ2) is 6.54. The van der Waals surface area contributed by atoms with E-state index in [-0.39, 0.29) is 5.91 Å². The zero-order valence-electron chi connectivity index (χ0n) is 11.3. The normalized spacial score (nSPS) is 11.9. The molecule has 0 spiro atoms. The molecule has 0 saturated carbocycles. The lowest BCUT2D eigenvalue weighted by molar-refractivity contribution is -0.114. The summed E-state index contributed by atoms with van der Waals surface area (Å²) in [6.45, 7) is 3.20. The highest BCUT2D eigenvalue weighted by Crippen LogP contribution is 2.31. The van der Waals surface area contributed by atoms with Crippen LogP contribution in [-0.4, -0.2) is 16.0 Å². The molecule has 104 valence electrons. The van der Waals surface area contributed by atoms with E-state index < -0.39 is 6.10 Å². The van der Waals surface area contributed by atoms with Crippen LogP contribution in [0.1, 0.15) is 25.5 Å². The van der Waals surface area contributed by atoms with Gasteiger partial charge in [0, 0.05) is 29.3 Å². The number of rotatable bonds is 4. The molecule has 1 aromatic carbocycles. The molecule has 2 aromatic rings. The van der Waals surface area contributed by atoms with E-state index in [0.717, 1.165) is 21.2 Å². The molecule has 0 fully saturated rings. The molecule has 0 saturated heterocycles. The molecule has 2 N–H and O–H groups in total. The van der Waals surface area contributed by atoms with E-state index in [0.29, 0.717) is 0 Å². The van der Waals surface area contributed by atoms with Crippen LogP contribution < -0.4 is 5.32 Å². The van der Waals surface area contributed by atoms with Gasteiger partial charge in [0.15, 0.2) is 0 Å². The summed E-state index contributed by atoms with van der Waals surface area (Å²) in [7, 11) is 0. The highest BCUT2D eigenvalue weighted by Gasteiger charge is 2.10. The van der Waals surface area contributed by atoms with Crippen molar-refractivity contribution in [1.82, 2.24) is 4.98 Å². The number of carbonyl (C=O) groups excluding carboxylic acids is 1. The standard InChI is InChI=1S/C15H16N2O2S/c1-10(18)14-4-3-9-16-15(14)20-13-7-5-12(6-8-13)17-11(2)19/h3-10,18H,1-2H3,(H,17,19)/t10-/m1/s1. The Morgan fingerprint density at radius 1 is 1.30 bits per heavy atom. The van der Waals surface area contributed by atoms with Gasteiger partial charge in [0.1, 0.15) is 5.03 Å². The van der Waals surface area contributed by atoms with Gasteiger partial charge in [-0.25, -0.2) is 4.98 Å². The first-order valence-corrected chi connectivity index (χ1v) is 7.06. The molecule has 0 bridgehead atoms. The molecule has 0 aliphatic carbocycles. The van der Waals surface area contributed by atoms with Crippen molar-refractivity contribution < 1.29 is 9.90 Å². The van der Waals surface area contributed by atoms with Crippen molar-refractivity contribution in [3.63, 3.8) is 0 Å². The molecule has 4 nitrogen and oxygen atoms in total. The maximum absolute atomic E-state index is 11.0. The fraction of sp³-hybridized carbons (Fsp3) is 0.200. The second-order valence-electron chi connectivity index (χ2n) is 4.38. The quantitative estimate of drug-likeness (QED) is 0.906. The zero-order valence-corrected chi connectivity index (χ0v) is 12.1. The van der Waals surface area contributed by atoms with Crippen LogP contribution in [0.2, 0.25) is 0 Å². The highest BCUT2D eigenvalue weighted by atomic mass is 32.2. The number of carbonyl (C=O) groups is 1. The van der Waals surface area contributed by atoms with E-state index in [4.69, 9.17) is 0 Å². The number of hydrogen-bond acceptors (Lipinski definition) is 4. The fourth-order valence-corrected chi connectivity index (χ4v) is 2.69. The van der Waals surface area contributed by atoms with E-state index in [2.05, 4.69) is 10.3 Å². The van der Waals surface area contributed by atoms with Gasteiger partial charge in [0.2, 0.25) is 5.91 Å². The summed E-state index contributed by atoms with van der Waals surface area (Å²) in [6.07, 6.45) is 1.16. The number of aliphatic hydroxyl groups is 1. The Morgan fingerprint density at radius 2 is 2.00 bits per heavy atom. The number of nitrogens with zero attached hydrogens (tertiary/aromatic N) is 1. The van der Waals surface area contributed by atoms with E-state index >= 15 is 0 Å². The molecule has 20 heavy (non-hydrogen) atoms. The van der Waals surface area contributed by atoms with Crippen molar-refractivity contribution in [3.05, 3.63) is 48.2 Å². The number of anilines is 1. The molecule has 1 heterocycles. The monoisotopic (exact) mass is 288 g/mol. The Morgan fingerprint density at radius 3 is 2.60 bits per heavy atom. The molecule has 1 amide bonds. The second-order valence-corrected chi connectivity index (χ2v) is 5.44. The van der Waals surface area contributed by atoms with Gasteiger partial charge < -0.3 is 10.4 Å². The zero-order chi connectivity index (χ0) is 14.5. The molecule has 2 rings (SSSR count). The Bertz CT molecular complexity index is 597. The van der Waals surface area contributed by atoms with Crippen molar-refractivity contribution in [2.75, 3.05) is 5.32 Å². The number of amides is 1. The van der Waals surface area contributed by atoms with Gasteiger partial charge >= 0.3 is 0 Å². The van der Waals surface area contributed by atoms with Crippen LogP contribution in [0.3, 0.4) is 0 Å². The van der Waals surface area contributed by atoms with Crippen LogP contribution in [0.5, 0.6) is 0 Å². The van der Waals surface area contributed by atoms with E-state index in [1.165, 1.54) is 18.7 Å². The summed E-state index contributed by atoms with van der Waals surface area (Å²) < 4.78 is 0. The molecule has 0 aliphatic rings. The van der Waals surface area contributed by atoms with E-state index in [9.17, 15) is 9.90 Å². The van der Waals surface area contributed by atoms with Crippen LogP contribution in [0.4, 0.5) is 5.69 Å². The largest absolute Gasteiger partial charge is 0.389 e. The Kier molecular flexibility index (Phi) is 4.76. The van der Waals surface area contributed by atoms with Crippen LogP contribution in [0.25, 0.3) is 0 Å². The number of aromatic nitrogens is 1. The molecule has 1 atom stereocenters. The third-order valence-electron chi connectivity index (χ3n) is 2.64. The number of benzene rings is 1. The van der Waals surface area contributed by atoms with Crippen molar-refractivity contribution in [1.29, 1.82) is 0 Å². The Hall–Kier alpha value is -1.85. The van der Waals surface area contributed by atoms with Crippen LogP contribution in [-0.2, 0) is 4.79 Å². The SMILES string of the molecule is CC(=O)Nc1ccc(Sc2ncccc2[C@@H](C)O)cc1. The summed E-state index contributed by atoms with van der Waals surface area (Å²) in [5, 5.41) is 13.2. The van der Waals surface area contributed by atoms with E-state index in [1.807, 2.05) is 36.4 Å². The lowest BCUT2D eigenvalue weighted by Crippen LogP contribution is -2.05. The van der Waals surface area contributed by atoms with Crippen LogP contribution >= 0.6 is 11.8 Å². The summed E-state index contributed by atoms with van der Waals surface area (Å²) >= 11 is 1.49. The van der Waals surface area contributed by atoms with Crippen molar-refractivity contribution in [2.45, 2.75) is 29.9 Å². The summed E-state index contributed by atoms with van der Waals surface area (Å²) in [4.78, 5) is 16.3. The molecule has 0 radical (unpaired) electrons. The van der Waals surface area contributed by atoms with Crippen molar-refractivity contribution >= 4 is 23.4 Å². The van der Waals surface area contributed by atoms with Crippen LogP contribution in [0.15, 0.2) is 52.5 Å². The number of nitrogens with one attached hydrogen (secondary N) is 1. The predicted octanol–water partition coefficient (Wildman–Crippen LogP) is 3.24. The number of aliphatic hydroxyl groups excluding tert-OH is 1. The molecule has 5 heteroatoms. The third-order valence-corrected chi connectivity index (χ3v) is 3.68. The van der Waals surface area contributed by atoms with Crippen LogP contribution in [0, 0.1) is 0 Å². The highest BCUT2D eigenvalue weighted by molar-refractivity contribution is 7.99. The third kappa shape index (κ3) is 3.82. The maximum Gasteiger partial charge on any atom is 0.221 e. The number of pyridine rings is 1. The first kappa shape index (κ1) is 14.6. The minimum atomic E-state index is -0.551. The van der Waals surface area contributed by atoms with E-state index in [1.54, 1.807) is 13.1 Å². The first-order valence-electron chi connectivity index (χ1n) is 6.25. The van der Waals surface area contributed by atoms with Gasteiger partial charge in [0.05, 0.1) is 6.10 Å². The molecule has 1 aromatic heterocycles. The fourth-order valence-electron chi connectivity index (χ4n) is 1.73. The summed E-state index contributed by atoms with van der Waals surface area (Å²) in [5.74, 6) is -0.0912. The minimum Gasteiger partial charge on any atom is -0.389 e. The number of hydrogen-bond donors (Lipinski definition) is 2. The minimum absolute atomic E-state index is 0.0912. The lowest BCUT2D eigenvalue weighted by atomic mass is 10.2. The van der Waals surface area contributed by atoms with Gasteiger partial charge in [-0.2, -0.15) is 0 Å². The molecule has 0 aliphatic heterocycles. The van der Waals surface area contributed by atoms with Gasteiger partial charge in [-0.3, -0.25) is 4.79 Å². The van der Waals surface area contributed by atoms with Crippen molar-refractivity contribution in [2.24, 2.45) is 0 Å². The summed E-state index contributed by atoms with van der Waals surface area (Å²) in [6, 6.07) is 11.2. The molecular formula is C15H16N2O2S. The molecular weight excluding hydrogens is 272 g/mol. The smallest absolute Gasteiger partial charge is 0.221 e. The molecule has 0 unspecified atom stereocenters. The topological polar surface area (TPSA) is 62.2 Å². The van der Waals surface area contributed by atoms with Gasteiger partial charge in [0.25, 0.3) is 0 Å². The van der Waals surface area contributed by atoms with Crippen molar-refractivity contribution in [3.8, 4) is 0 Å². The Balaban J connectivity index is 2.16. The maximum atomic E-state index is 11.0.